The molecule has 14 heteroatoms. The van der Waals surface area contributed by atoms with Crippen LogP contribution in [-0.2, 0) is 19.2 Å². The van der Waals surface area contributed by atoms with E-state index in [2.05, 4.69) is 14.7 Å². The van der Waals surface area contributed by atoms with E-state index in [9.17, 15) is 22.6 Å². The zero-order valence-electron chi connectivity index (χ0n) is 24.6. The number of rotatable bonds is 5. The van der Waals surface area contributed by atoms with Crippen molar-refractivity contribution in [3.8, 4) is 0 Å². The first kappa shape index (κ1) is 31.5. The van der Waals surface area contributed by atoms with Crippen LogP contribution in [0.25, 0.3) is 0 Å². The van der Waals surface area contributed by atoms with Gasteiger partial charge in [-0.3, -0.25) is 4.79 Å². The van der Waals surface area contributed by atoms with Gasteiger partial charge in [-0.2, -0.15) is 4.98 Å². The first-order chi connectivity index (χ1) is 19.6. The lowest BCUT2D eigenvalue weighted by Crippen LogP contribution is -2.38. The van der Waals surface area contributed by atoms with Gasteiger partial charge in [0.25, 0.3) is 5.91 Å². The Balaban J connectivity index is 1.66. The summed E-state index contributed by atoms with van der Waals surface area (Å²) in [5.41, 5.74) is 0.0598. The predicted octanol–water partition coefficient (Wildman–Crippen LogP) is 4.89. The molecule has 2 amide bonds. The molecule has 2 saturated heterocycles. The highest BCUT2D eigenvalue weighted by molar-refractivity contribution is 7.93. The number of carbonyl (C=O) groups is 2. The summed E-state index contributed by atoms with van der Waals surface area (Å²) in [6, 6.07) is 6.20. The van der Waals surface area contributed by atoms with Crippen molar-refractivity contribution in [2.24, 2.45) is 4.36 Å². The number of aromatic nitrogens is 2. The van der Waals surface area contributed by atoms with Crippen molar-refractivity contribution in [1.29, 1.82) is 0 Å². The Morgan fingerprint density at radius 2 is 1.81 bits per heavy atom. The number of carbonyl (C=O) groups excluding carboxylic acids is 2. The van der Waals surface area contributed by atoms with Crippen LogP contribution >= 0.6 is 0 Å². The van der Waals surface area contributed by atoms with Gasteiger partial charge in [0.15, 0.2) is 0 Å². The Morgan fingerprint density at radius 3 is 2.50 bits per heavy atom. The molecule has 0 saturated carbocycles. The van der Waals surface area contributed by atoms with Crippen molar-refractivity contribution in [3.05, 3.63) is 35.5 Å². The van der Waals surface area contributed by atoms with E-state index in [4.69, 9.17) is 14.5 Å². The lowest BCUT2D eigenvalue weighted by atomic mass is 10.1. The van der Waals surface area contributed by atoms with E-state index in [-0.39, 0.29) is 42.1 Å². The number of nitrogens with zero attached hydrogens (tertiary/aromatic N) is 5. The van der Waals surface area contributed by atoms with E-state index in [1.165, 1.54) is 12.3 Å². The quantitative estimate of drug-likeness (QED) is 0.505. The number of alkyl halides is 2. The lowest BCUT2D eigenvalue weighted by molar-refractivity contribution is -0.0102. The number of anilines is 3. The van der Waals surface area contributed by atoms with Crippen LogP contribution in [0.5, 0.6) is 0 Å². The number of amides is 2. The fourth-order valence-electron chi connectivity index (χ4n) is 4.70. The minimum absolute atomic E-state index is 0.0336. The number of nitrogens with one attached hydrogen (secondary N) is 1. The van der Waals surface area contributed by atoms with Crippen LogP contribution in [0.1, 0.15) is 56.1 Å². The number of halogens is 2. The molecule has 11 nitrogen and oxygen atoms in total. The first-order valence-electron chi connectivity index (χ1n) is 13.8. The van der Waals surface area contributed by atoms with Crippen LogP contribution in [0.2, 0.25) is 0 Å². The molecule has 2 aliphatic heterocycles. The van der Waals surface area contributed by atoms with Gasteiger partial charge in [0.05, 0.1) is 28.6 Å². The summed E-state index contributed by atoms with van der Waals surface area (Å²) in [5.74, 6) is -2.63. The van der Waals surface area contributed by atoms with E-state index in [0.29, 0.717) is 50.2 Å². The van der Waals surface area contributed by atoms with Gasteiger partial charge in [-0.1, -0.05) is 6.07 Å². The van der Waals surface area contributed by atoms with Crippen LogP contribution < -0.4 is 15.1 Å². The summed E-state index contributed by atoms with van der Waals surface area (Å²) in [5, 5.41) is 2.80. The van der Waals surface area contributed by atoms with Crippen LogP contribution in [-0.4, -0.2) is 83.3 Å². The minimum Gasteiger partial charge on any atom is -0.442 e. The van der Waals surface area contributed by atoms with Gasteiger partial charge in [-0.25, -0.2) is 22.8 Å². The Hall–Kier alpha value is -3.39. The molecule has 3 heterocycles. The van der Waals surface area contributed by atoms with Crippen LogP contribution in [0.15, 0.2) is 33.5 Å². The molecule has 1 N–H and O–H groups in total. The largest absolute Gasteiger partial charge is 0.442 e. The second-order valence-corrected chi connectivity index (χ2v) is 13.7. The molecular formula is C28H38F2N6O5S. The summed E-state index contributed by atoms with van der Waals surface area (Å²) in [6.07, 6.45) is 0.0251. The Bertz CT molecular complexity index is 1450. The monoisotopic (exact) mass is 608 g/mol. The van der Waals surface area contributed by atoms with Gasteiger partial charge in [0, 0.05) is 55.9 Å². The molecule has 42 heavy (non-hydrogen) atoms. The number of benzene rings is 1. The predicted molar refractivity (Wildman–Crippen MR) is 156 cm³/mol. The number of hydrogen-bond acceptors (Lipinski definition) is 9. The maximum Gasteiger partial charge on any atom is 0.442 e. The van der Waals surface area contributed by atoms with Gasteiger partial charge in [0.1, 0.15) is 17.0 Å². The van der Waals surface area contributed by atoms with Crippen molar-refractivity contribution in [2.45, 2.75) is 63.4 Å². The molecule has 0 bridgehead atoms. The fraction of sp³-hybridized carbons (Fsp3) is 0.571. The average molecular weight is 609 g/mol. The normalized spacial score (nSPS) is 18.9. The van der Waals surface area contributed by atoms with Gasteiger partial charge < -0.3 is 24.6 Å². The molecule has 1 aromatic carbocycles. The Labute approximate surface area is 245 Å². The van der Waals surface area contributed by atoms with Gasteiger partial charge in [-0.15, -0.1) is 4.36 Å². The third-order valence-electron chi connectivity index (χ3n) is 6.77. The van der Waals surface area contributed by atoms with Crippen molar-refractivity contribution in [2.75, 3.05) is 60.8 Å². The molecule has 2 aromatic rings. The highest BCUT2D eigenvalue weighted by Crippen LogP contribution is 2.32. The first-order valence-corrected chi connectivity index (χ1v) is 15.8. The second-order valence-electron chi connectivity index (χ2n) is 11.5. The molecular weight excluding hydrogens is 570 g/mol. The SMILES string of the molecule is Cc1nc(N2CCOCC2)nc(N2CCCC(F)(F)CC2)c1C(=O)Nc1cccc([S@@](C)(=O)=NC(=O)OC(C)(C)C)c1. The van der Waals surface area contributed by atoms with Crippen molar-refractivity contribution < 1.29 is 32.1 Å². The van der Waals surface area contributed by atoms with Gasteiger partial charge >= 0.3 is 6.09 Å². The molecule has 2 aliphatic rings. The Kier molecular flexibility index (Phi) is 9.36. The third-order valence-corrected chi connectivity index (χ3v) is 8.40. The number of aryl methyl sites for hydroxylation is 1. The highest BCUT2D eigenvalue weighted by Gasteiger charge is 2.34. The third kappa shape index (κ3) is 8.12. The highest BCUT2D eigenvalue weighted by atomic mass is 32.2. The summed E-state index contributed by atoms with van der Waals surface area (Å²) < 4.78 is 56.1. The lowest BCUT2D eigenvalue weighted by Gasteiger charge is -2.30. The van der Waals surface area contributed by atoms with Gasteiger partial charge in [-0.05, 0) is 52.3 Å². The molecule has 0 unspecified atom stereocenters. The van der Waals surface area contributed by atoms with Crippen LogP contribution in [0.4, 0.5) is 31.0 Å². The molecule has 1 atom stereocenters. The maximum atomic E-state index is 14.2. The Morgan fingerprint density at radius 1 is 1.10 bits per heavy atom. The van der Waals surface area contributed by atoms with Crippen LogP contribution in [0.3, 0.4) is 0 Å². The summed E-state index contributed by atoms with van der Waals surface area (Å²) >= 11 is 0. The molecule has 2 fully saturated rings. The molecule has 0 aliphatic carbocycles. The number of hydrogen-bond donors (Lipinski definition) is 1. The molecule has 0 radical (unpaired) electrons. The van der Waals surface area contributed by atoms with Crippen LogP contribution in [0, 0.1) is 6.92 Å². The zero-order chi connectivity index (χ0) is 30.7. The molecule has 1 aromatic heterocycles. The van der Waals surface area contributed by atoms with E-state index in [1.54, 1.807) is 50.8 Å². The van der Waals surface area contributed by atoms with E-state index in [1.807, 2.05) is 4.90 Å². The molecule has 4 rings (SSSR count). The summed E-state index contributed by atoms with van der Waals surface area (Å²) in [4.78, 5) is 39.1. The topological polar surface area (TPSA) is 126 Å². The van der Waals surface area contributed by atoms with Crippen molar-refractivity contribution in [1.82, 2.24) is 9.97 Å². The molecule has 0 spiro atoms. The zero-order valence-corrected chi connectivity index (χ0v) is 25.4. The van der Waals surface area contributed by atoms with Crippen molar-refractivity contribution in [3.63, 3.8) is 0 Å². The summed E-state index contributed by atoms with van der Waals surface area (Å²) in [7, 11) is -3.19. The van der Waals surface area contributed by atoms with Crippen molar-refractivity contribution >= 4 is 39.2 Å². The van der Waals surface area contributed by atoms with Gasteiger partial charge in [0.2, 0.25) is 11.9 Å². The number of ether oxygens (including phenoxy) is 2. The standard InChI is InChI=1S/C28H38F2N6O5S/c1-19-22(24(37)32-20-8-6-9-21(18-20)42(5,39)34-26(38)41-27(2,3)4)23(35-12-7-10-28(29,30)11-13-35)33-25(31-19)36-14-16-40-17-15-36/h6,8-9,18H,7,10-17H2,1-5H3,(H,32,37)/t42-/m1/s1. The smallest absolute Gasteiger partial charge is 0.442 e. The minimum atomic E-state index is -3.19. The maximum absolute atomic E-state index is 14.2. The molecule has 230 valence electrons. The van der Waals surface area contributed by atoms with E-state index in [0.717, 1.165) is 0 Å². The van der Waals surface area contributed by atoms with E-state index >= 15 is 0 Å². The van der Waals surface area contributed by atoms with E-state index < -0.39 is 33.3 Å². The average Bonchev–Trinajstić information content (AvgIpc) is 3.07. The number of morpholine rings is 1. The second kappa shape index (κ2) is 12.5. The summed E-state index contributed by atoms with van der Waals surface area (Å²) in [6.45, 7) is 9.22. The fourth-order valence-corrected chi connectivity index (χ4v) is 5.80.